The van der Waals surface area contributed by atoms with Gasteiger partial charge in [-0.25, -0.2) is 0 Å². The summed E-state index contributed by atoms with van der Waals surface area (Å²) >= 11 is 0. The summed E-state index contributed by atoms with van der Waals surface area (Å²) in [6.07, 6.45) is 6.56. The predicted molar refractivity (Wildman–Crippen MR) is 82.3 cm³/mol. The van der Waals surface area contributed by atoms with Crippen molar-refractivity contribution in [3.8, 4) is 0 Å². The molecule has 0 bridgehead atoms. The number of aryl methyl sites for hydroxylation is 2. The summed E-state index contributed by atoms with van der Waals surface area (Å²) in [6, 6.07) is 0. The number of rotatable bonds is 3. The molecule has 1 aliphatic rings. The number of nitrogens with one attached hydrogen (secondary N) is 1. The quantitative estimate of drug-likeness (QED) is 0.910. The first kappa shape index (κ1) is 14.8. The van der Waals surface area contributed by atoms with Crippen molar-refractivity contribution in [2.24, 2.45) is 7.05 Å². The molecule has 22 heavy (non-hydrogen) atoms. The highest BCUT2D eigenvalue weighted by Gasteiger charge is 2.22. The van der Waals surface area contributed by atoms with E-state index < -0.39 is 0 Å². The smallest absolute Gasteiger partial charge is 0.257 e. The molecule has 0 spiro atoms. The molecule has 0 atom stereocenters. The van der Waals surface area contributed by atoms with E-state index in [1.165, 1.54) is 5.56 Å². The summed E-state index contributed by atoms with van der Waals surface area (Å²) in [5.41, 5.74) is 2.73. The maximum Gasteiger partial charge on any atom is 0.257 e. The number of carbonyl (C=O) groups is 1. The second-order valence-electron chi connectivity index (χ2n) is 5.85. The van der Waals surface area contributed by atoms with Gasteiger partial charge in [-0.3, -0.25) is 19.5 Å². The Bertz CT molecular complexity index is 646. The minimum Gasteiger partial charge on any atom is -0.337 e. The van der Waals surface area contributed by atoms with Crippen molar-refractivity contribution >= 4 is 5.91 Å². The van der Waals surface area contributed by atoms with Gasteiger partial charge in [0.05, 0.1) is 18.0 Å². The van der Waals surface area contributed by atoms with Gasteiger partial charge in [0.2, 0.25) is 0 Å². The Kier molecular flexibility index (Phi) is 4.24. The first-order valence-electron chi connectivity index (χ1n) is 7.62. The number of aromatic amines is 1. The predicted octanol–water partition coefficient (Wildman–Crippen LogP) is 0.800. The van der Waals surface area contributed by atoms with Gasteiger partial charge in [0.1, 0.15) is 0 Å². The van der Waals surface area contributed by atoms with Crippen LogP contribution >= 0.6 is 0 Å². The van der Waals surface area contributed by atoms with Crippen molar-refractivity contribution in [2.75, 3.05) is 26.2 Å². The van der Waals surface area contributed by atoms with E-state index in [0.29, 0.717) is 5.56 Å². The first-order valence-corrected chi connectivity index (χ1v) is 7.62. The Morgan fingerprint density at radius 2 is 2.14 bits per heavy atom. The Morgan fingerprint density at radius 3 is 2.82 bits per heavy atom. The molecule has 0 unspecified atom stereocenters. The number of aromatic nitrogens is 4. The van der Waals surface area contributed by atoms with Crippen molar-refractivity contribution in [3.63, 3.8) is 0 Å². The summed E-state index contributed by atoms with van der Waals surface area (Å²) in [5, 5.41) is 11.0. The van der Waals surface area contributed by atoms with Crippen molar-refractivity contribution in [1.82, 2.24) is 29.8 Å². The molecule has 0 saturated carbocycles. The number of hydrogen-bond acceptors (Lipinski definition) is 4. The number of nitrogens with zero attached hydrogens (tertiary/aromatic N) is 5. The Hall–Kier alpha value is -2.15. The van der Waals surface area contributed by atoms with Crippen LogP contribution < -0.4 is 0 Å². The minimum absolute atomic E-state index is 0.0782. The molecule has 0 radical (unpaired) electrons. The maximum atomic E-state index is 12.5. The Balaban J connectivity index is 1.60. The van der Waals surface area contributed by atoms with Gasteiger partial charge in [-0.1, -0.05) is 0 Å². The standard InChI is InChI=1S/C15H22N6O/c1-12-14(9-16-18-12)15(22)21-5-3-4-20(6-7-21)11-13-8-17-19(2)10-13/h8-10H,3-7,11H2,1-2H3,(H,16,18). The van der Waals surface area contributed by atoms with E-state index in [-0.39, 0.29) is 5.91 Å². The molecule has 1 fully saturated rings. The van der Waals surface area contributed by atoms with Crippen LogP contribution in [0.4, 0.5) is 0 Å². The molecular formula is C15H22N6O. The second kappa shape index (κ2) is 6.31. The van der Waals surface area contributed by atoms with Crippen LogP contribution in [0.3, 0.4) is 0 Å². The lowest BCUT2D eigenvalue weighted by molar-refractivity contribution is 0.0760. The lowest BCUT2D eigenvalue weighted by Crippen LogP contribution is -2.35. The van der Waals surface area contributed by atoms with E-state index >= 15 is 0 Å². The summed E-state index contributed by atoms with van der Waals surface area (Å²) in [7, 11) is 1.93. The highest BCUT2D eigenvalue weighted by Crippen LogP contribution is 2.12. The average molecular weight is 302 g/mol. The molecule has 3 heterocycles. The summed E-state index contributed by atoms with van der Waals surface area (Å²) < 4.78 is 1.82. The third kappa shape index (κ3) is 3.19. The van der Waals surface area contributed by atoms with Gasteiger partial charge in [-0.2, -0.15) is 10.2 Å². The van der Waals surface area contributed by atoms with Crippen LogP contribution in [-0.4, -0.2) is 61.9 Å². The fourth-order valence-electron chi connectivity index (χ4n) is 2.88. The molecule has 3 rings (SSSR count). The van der Waals surface area contributed by atoms with Gasteiger partial charge < -0.3 is 4.90 Å². The van der Waals surface area contributed by atoms with Crippen LogP contribution in [0.15, 0.2) is 18.6 Å². The summed E-state index contributed by atoms with van der Waals surface area (Å²) in [6.45, 7) is 6.21. The van der Waals surface area contributed by atoms with Gasteiger partial charge in [0.15, 0.2) is 0 Å². The fourth-order valence-corrected chi connectivity index (χ4v) is 2.88. The third-order valence-electron chi connectivity index (χ3n) is 4.10. The van der Waals surface area contributed by atoms with Crippen LogP contribution in [0.25, 0.3) is 0 Å². The van der Waals surface area contributed by atoms with E-state index in [4.69, 9.17) is 0 Å². The van der Waals surface area contributed by atoms with Crippen LogP contribution in [-0.2, 0) is 13.6 Å². The first-order chi connectivity index (χ1) is 10.6. The van der Waals surface area contributed by atoms with E-state index in [0.717, 1.165) is 44.8 Å². The van der Waals surface area contributed by atoms with E-state index in [9.17, 15) is 4.79 Å². The summed E-state index contributed by atoms with van der Waals surface area (Å²) in [5.74, 6) is 0.0782. The van der Waals surface area contributed by atoms with Crippen LogP contribution in [0.1, 0.15) is 28.0 Å². The molecule has 0 aromatic carbocycles. The normalized spacial score (nSPS) is 16.7. The number of hydrogen-bond donors (Lipinski definition) is 1. The van der Waals surface area contributed by atoms with Crippen LogP contribution in [0.2, 0.25) is 0 Å². The molecule has 118 valence electrons. The highest BCUT2D eigenvalue weighted by atomic mass is 16.2. The van der Waals surface area contributed by atoms with Crippen LogP contribution in [0, 0.1) is 6.92 Å². The van der Waals surface area contributed by atoms with Crippen molar-refractivity contribution in [1.29, 1.82) is 0 Å². The van der Waals surface area contributed by atoms with Gasteiger partial charge in [-0.15, -0.1) is 0 Å². The molecule has 1 amide bonds. The van der Waals surface area contributed by atoms with Gasteiger partial charge in [0, 0.05) is 57.2 Å². The van der Waals surface area contributed by atoms with Gasteiger partial charge >= 0.3 is 0 Å². The molecule has 2 aromatic heterocycles. The molecule has 1 N–H and O–H groups in total. The molecule has 7 nitrogen and oxygen atoms in total. The highest BCUT2D eigenvalue weighted by molar-refractivity contribution is 5.95. The lowest BCUT2D eigenvalue weighted by Gasteiger charge is -2.21. The van der Waals surface area contributed by atoms with E-state index in [1.54, 1.807) is 6.20 Å². The molecule has 1 aliphatic heterocycles. The van der Waals surface area contributed by atoms with Crippen molar-refractivity contribution in [3.05, 3.63) is 35.4 Å². The van der Waals surface area contributed by atoms with Crippen LogP contribution in [0.5, 0.6) is 0 Å². The number of amides is 1. The summed E-state index contributed by atoms with van der Waals surface area (Å²) in [4.78, 5) is 16.8. The molecule has 0 aliphatic carbocycles. The number of H-pyrrole nitrogens is 1. The molecule has 7 heteroatoms. The Morgan fingerprint density at radius 1 is 1.27 bits per heavy atom. The van der Waals surface area contributed by atoms with E-state index in [2.05, 4.69) is 20.2 Å². The largest absolute Gasteiger partial charge is 0.337 e. The zero-order valence-electron chi connectivity index (χ0n) is 13.1. The minimum atomic E-state index is 0.0782. The monoisotopic (exact) mass is 302 g/mol. The molecule has 1 saturated heterocycles. The Labute approximate surface area is 129 Å². The van der Waals surface area contributed by atoms with Crippen molar-refractivity contribution < 1.29 is 4.79 Å². The fraction of sp³-hybridized carbons (Fsp3) is 0.533. The molecular weight excluding hydrogens is 280 g/mol. The molecule has 2 aromatic rings. The topological polar surface area (TPSA) is 70.1 Å². The van der Waals surface area contributed by atoms with E-state index in [1.807, 2.05) is 35.9 Å². The SMILES string of the molecule is Cc1[nH]ncc1C(=O)N1CCCN(Cc2cnn(C)c2)CC1. The zero-order chi connectivity index (χ0) is 15.5. The third-order valence-corrected chi connectivity index (χ3v) is 4.10. The van der Waals surface area contributed by atoms with Gasteiger partial charge in [0.25, 0.3) is 5.91 Å². The zero-order valence-corrected chi connectivity index (χ0v) is 13.1. The van der Waals surface area contributed by atoms with Crippen molar-refractivity contribution in [2.45, 2.75) is 19.9 Å². The number of carbonyl (C=O) groups excluding carboxylic acids is 1. The average Bonchev–Trinajstić information content (AvgIpc) is 3.02. The maximum absolute atomic E-state index is 12.5. The van der Waals surface area contributed by atoms with Gasteiger partial charge in [-0.05, 0) is 13.3 Å². The second-order valence-corrected chi connectivity index (χ2v) is 5.85. The lowest BCUT2D eigenvalue weighted by atomic mass is 10.2.